The molecule has 6 rings (SSSR count). The van der Waals surface area contributed by atoms with Crippen molar-refractivity contribution in [2.75, 3.05) is 13.1 Å². The molecule has 0 spiro atoms. The van der Waals surface area contributed by atoms with E-state index in [1.165, 1.54) is 11.1 Å². The van der Waals surface area contributed by atoms with Crippen LogP contribution < -0.4 is 0 Å². The third-order valence-electron chi connectivity index (χ3n) is 9.03. The molecule has 48 heavy (non-hydrogen) atoms. The van der Waals surface area contributed by atoms with Gasteiger partial charge in [-0.1, -0.05) is 118 Å². The van der Waals surface area contributed by atoms with Gasteiger partial charge in [-0.2, -0.15) is 0 Å². The molecule has 0 N–H and O–H groups in total. The number of benzene rings is 2. The van der Waals surface area contributed by atoms with Gasteiger partial charge >= 0.3 is 0 Å². The van der Waals surface area contributed by atoms with Gasteiger partial charge < -0.3 is 18.6 Å². The summed E-state index contributed by atoms with van der Waals surface area (Å²) in [5.41, 5.74) is 6.25. The van der Waals surface area contributed by atoms with Crippen LogP contribution in [0.2, 0.25) is 0 Å². The maximum absolute atomic E-state index is 14.4. The second-order valence-electron chi connectivity index (χ2n) is 16.0. The van der Waals surface area contributed by atoms with E-state index in [1.807, 2.05) is 24.3 Å². The van der Waals surface area contributed by atoms with Gasteiger partial charge in [-0.15, -0.1) is 0 Å². The molecule has 0 radical (unpaired) electrons. The number of nitrogens with zero attached hydrogens (tertiary/aromatic N) is 2. The summed E-state index contributed by atoms with van der Waals surface area (Å²) in [6.07, 6.45) is 0. The Hall–Kier alpha value is -4.58. The lowest BCUT2D eigenvalue weighted by molar-refractivity contribution is -0.124. The highest BCUT2D eigenvalue weighted by molar-refractivity contribution is 6.30. The fourth-order valence-electron chi connectivity index (χ4n) is 6.50. The maximum atomic E-state index is 14.4. The van der Waals surface area contributed by atoms with E-state index in [9.17, 15) is 9.59 Å². The maximum Gasteiger partial charge on any atom is 0.261 e. The summed E-state index contributed by atoms with van der Waals surface area (Å²) in [6.45, 7) is 22.3. The number of fused-ring (bicyclic) bond motifs is 1. The normalized spacial score (nSPS) is 15.7. The Morgan fingerprint density at radius 3 is 1.10 bits per heavy atom. The topological polar surface area (TPSA) is 66.9 Å². The monoisotopic (exact) mass is 644 g/mol. The average Bonchev–Trinajstić information content (AvgIpc) is 3.79. The lowest BCUT2D eigenvalue weighted by atomic mass is 9.86. The van der Waals surface area contributed by atoms with E-state index in [4.69, 9.17) is 8.83 Å². The Morgan fingerprint density at radius 2 is 0.812 bits per heavy atom. The Morgan fingerprint density at radius 1 is 0.500 bits per heavy atom. The summed E-state index contributed by atoms with van der Waals surface area (Å²) in [4.78, 5) is 32.3. The molecule has 2 amide bonds. The summed E-state index contributed by atoms with van der Waals surface area (Å²) < 4.78 is 13.0. The third kappa shape index (κ3) is 6.09. The molecule has 2 aliphatic rings. The predicted octanol–water partition coefficient (Wildman–Crippen LogP) is 9.92. The van der Waals surface area contributed by atoms with Crippen LogP contribution in [0.3, 0.4) is 0 Å². The van der Waals surface area contributed by atoms with Gasteiger partial charge in [0.05, 0.1) is 11.1 Å². The van der Waals surface area contributed by atoms with Gasteiger partial charge in [0.25, 0.3) is 11.8 Å². The highest BCUT2D eigenvalue weighted by Crippen LogP contribution is 2.48. The number of rotatable bonds is 8. The van der Waals surface area contributed by atoms with E-state index in [1.54, 1.807) is 9.80 Å². The van der Waals surface area contributed by atoms with Crippen LogP contribution in [0, 0.1) is 11.8 Å². The van der Waals surface area contributed by atoms with Crippen molar-refractivity contribution in [1.82, 2.24) is 9.80 Å². The van der Waals surface area contributed by atoms with E-state index in [2.05, 4.69) is 118 Å². The molecule has 0 saturated carbocycles. The fourth-order valence-corrected chi connectivity index (χ4v) is 6.50. The van der Waals surface area contributed by atoms with Gasteiger partial charge in [0.15, 0.2) is 11.5 Å². The number of hydrogen-bond acceptors (Lipinski definition) is 4. The second-order valence-corrected chi connectivity index (χ2v) is 16.0. The molecule has 250 valence electrons. The van der Waals surface area contributed by atoms with Gasteiger partial charge in [-0.3, -0.25) is 9.59 Å². The van der Waals surface area contributed by atoms with Crippen LogP contribution in [0.1, 0.15) is 91.9 Å². The van der Waals surface area contributed by atoms with Crippen molar-refractivity contribution >= 4 is 23.2 Å². The molecule has 2 aromatic carbocycles. The number of furan rings is 2. The average molecular weight is 645 g/mol. The first-order valence-corrected chi connectivity index (χ1v) is 17.1. The molecule has 4 heterocycles. The lowest BCUT2D eigenvalue weighted by Gasteiger charge is -2.25. The van der Waals surface area contributed by atoms with Crippen molar-refractivity contribution in [3.63, 3.8) is 0 Å². The molecule has 4 aromatic rings. The molecule has 0 unspecified atom stereocenters. The molecule has 0 aliphatic carbocycles. The smallest absolute Gasteiger partial charge is 0.261 e. The minimum Gasteiger partial charge on any atom is -0.455 e. The Bertz CT molecular complexity index is 1770. The molecule has 2 aliphatic heterocycles. The zero-order valence-corrected chi connectivity index (χ0v) is 30.0. The Balaban J connectivity index is 1.47. The largest absolute Gasteiger partial charge is 0.455 e. The Labute approximate surface area is 285 Å². The first-order valence-electron chi connectivity index (χ1n) is 17.1. The summed E-state index contributed by atoms with van der Waals surface area (Å²) in [5.74, 6) is 2.30. The van der Waals surface area contributed by atoms with Crippen LogP contribution in [-0.4, -0.2) is 34.7 Å². The second kappa shape index (κ2) is 12.1. The van der Waals surface area contributed by atoms with E-state index in [0.29, 0.717) is 58.7 Å². The van der Waals surface area contributed by atoms with Crippen LogP contribution in [0.25, 0.3) is 34.0 Å². The fraction of sp³-hybridized carbons (Fsp3) is 0.381. The molecule has 6 nitrogen and oxygen atoms in total. The summed E-state index contributed by atoms with van der Waals surface area (Å²) in [5, 5.41) is 0. The minimum atomic E-state index is -0.205. The molecule has 6 heteroatoms. The van der Waals surface area contributed by atoms with Crippen molar-refractivity contribution in [3.8, 4) is 22.6 Å². The Kier molecular flexibility index (Phi) is 8.43. The van der Waals surface area contributed by atoms with E-state index in [0.717, 1.165) is 11.1 Å². The zero-order valence-electron chi connectivity index (χ0n) is 30.0. The minimum absolute atomic E-state index is 0.0394. The molecule has 2 aromatic heterocycles. The predicted molar refractivity (Wildman–Crippen MR) is 193 cm³/mol. The lowest BCUT2D eigenvalue weighted by Crippen LogP contribution is -2.33. The van der Waals surface area contributed by atoms with Crippen LogP contribution in [0.5, 0.6) is 0 Å². The highest BCUT2D eigenvalue weighted by atomic mass is 16.3. The molecule has 0 atom stereocenters. The van der Waals surface area contributed by atoms with Crippen LogP contribution >= 0.6 is 0 Å². The van der Waals surface area contributed by atoms with Gasteiger partial charge in [0.2, 0.25) is 0 Å². The van der Waals surface area contributed by atoms with Crippen molar-refractivity contribution in [2.45, 2.75) is 80.1 Å². The highest BCUT2D eigenvalue weighted by Gasteiger charge is 2.50. The van der Waals surface area contributed by atoms with Crippen molar-refractivity contribution < 1.29 is 18.4 Å². The molecule has 0 fully saturated rings. The molecular weight excluding hydrogens is 596 g/mol. The van der Waals surface area contributed by atoms with Gasteiger partial charge in [0.1, 0.15) is 22.9 Å². The number of hydrogen-bond donors (Lipinski definition) is 0. The quantitative estimate of drug-likeness (QED) is 0.192. The van der Waals surface area contributed by atoms with Crippen LogP contribution in [0.4, 0.5) is 0 Å². The molecule has 0 saturated heterocycles. The third-order valence-corrected chi connectivity index (χ3v) is 9.03. The van der Waals surface area contributed by atoms with Crippen molar-refractivity contribution in [2.24, 2.45) is 11.8 Å². The number of carbonyl (C=O) groups excluding carboxylic acids is 2. The first kappa shape index (κ1) is 33.3. The number of carbonyl (C=O) groups is 2. The summed E-state index contributed by atoms with van der Waals surface area (Å²) in [7, 11) is 0. The van der Waals surface area contributed by atoms with Crippen LogP contribution in [0.15, 0.2) is 92.8 Å². The van der Waals surface area contributed by atoms with Gasteiger partial charge in [0, 0.05) is 24.2 Å². The van der Waals surface area contributed by atoms with Crippen molar-refractivity contribution in [3.05, 3.63) is 107 Å². The number of amides is 2. The van der Waals surface area contributed by atoms with Gasteiger partial charge in [-0.05, 0) is 58.1 Å². The SMILES string of the molecule is CC(C)CN1C(=O)C2=C(c3ccc(-c4ccc(C(C)(C)C)cc4)o3)N(CC(C)C)C(=O)C2=C1c1ccc(-c2ccc(C(C)(C)C)cc2)o1. The standard InChI is InChI=1S/C42H48N2O4/c1-25(2)23-43-37(33-21-19-31(47-33)27-11-15-29(16-12-27)41(5,6)7)35-36(39(43)45)38(44(40(35)46)24-26(3)4)34-22-20-32(48-34)28-13-17-30(18-14-28)42(8,9)10/h11-22,25-26H,23-24H2,1-10H3. The summed E-state index contributed by atoms with van der Waals surface area (Å²) >= 11 is 0. The van der Waals surface area contributed by atoms with E-state index < -0.39 is 0 Å². The van der Waals surface area contributed by atoms with E-state index in [-0.39, 0.29) is 34.5 Å². The van der Waals surface area contributed by atoms with E-state index >= 15 is 0 Å². The molecular formula is C42H48N2O4. The van der Waals surface area contributed by atoms with Gasteiger partial charge in [-0.25, -0.2) is 0 Å². The van der Waals surface area contributed by atoms with Crippen LogP contribution in [-0.2, 0) is 20.4 Å². The van der Waals surface area contributed by atoms with Crippen molar-refractivity contribution in [1.29, 1.82) is 0 Å². The summed E-state index contributed by atoms with van der Waals surface area (Å²) in [6, 6.07) is 24.3. The first-order chi connectivity index (χ1) is 22.5. The zero-order chi connectivity index (χ0) is 34.7. The molecule has 0 bridgehead atoms.